The highest BCUT2D eigenvalue weighted by Gasteiger charge is 2.12. The van der Waals surface area contributed by atoms with Gasteiger partial charge in [-0.25, -0.2) is 4.79 Å². The molecule has 2 nitrogen and oxygen atoms in total. The molecule has 1 rings (SSSR count). The van der Waals surface area contributed by atoms with Gasteiger partial charge in [0.2, 0.25) is 0 Å². The van der Waals surface area contributed by atoms with Crippen LogP contribution in [0.15, 0.2) is 23.3 Å². The third-order valence-electron chi connectivity index (χ3n) is 1.28. The summed E-state index contributed by atoms with van der Waals surface area (Å²) in [6.07, 6.45) is 3.63. The molecule has 0 N–H and O–H groups in total. The van der Waals surface area contributed by atoms with Crippen molar-refractivity contribution in [1.82, 2.24) is 0 Å². The topological polar surface area (TPSA) is 26.3 Å². The summed E-state index contributed by atoms with van der Waals surface area (Å²) in [5.41, 5.74) is 1.81. The second kappa shape index (κ2) is 2.69. The average molecular weight is 138 g/mol. The summed E-state index contributed by atoms with van der Waals surface area (Å²) in [7, 11) is 0. The second-order valence-electron chi connectivity index (χ2n) is 2.21. The van der Waals surface area contributed by atoms with E-state index < -0.39 is 0 Å². The van der Waals surface area contributed by atoms with Crippen LogP contribution in [-0.2, 0) is 9.53 Å². The number of carbonyl (C=O) groups is 1. The van der Waals surface area contributed by atoms with Gasteiger partial charge in [0.1, 0.15) is 0 Å². The number of esters is 1. The molecule has 0 aromatic heterocycles. The third kappa shape index (κ3) is 1.26. The fraction of sp³-hybridized carbons (Fsp3) is 0.375. The summed E-state index contributed by atoms with van der Waals surface area (Å²) in [5, 5.41) is 0. The lowest BCUT2D eigenvalue weighted by Gasteiger charge is -2.09. The van der Waals surface area contributed by atoms with Gasteiger partial charge >= 0.3 is 5.97 Å². The van der Waals surface area contributed by atoms with E-state index >= 15 is 0 Å². The number of rotatable bonds is 2. The van der Waals surface area contributed by atoms with Crippen molar-refractivity contribution < 1.29 is 9.53 Å². The molecule has 1 aliphatic carbocycles. The van der Waals surface area contributed by atoms with Crippen molar-refractivity contribution in [1.29, 1.82) is 0 Å². The van der Waals surface area contributed by atoms with Crippen LogP contribution in [-0.4, -0.2) is 12.6 Å². The minimum Gasteiger partial charge on any atom is -0.462 e. The Morgan fingerprint density at radius 3 is 2.60 bits per heavy atom. The Morgan fingerprint density at radius 1 is 1.60 bits per heavy atom. The van der Waals surface area contributed by atoms with Crippen molar-refractivity contribution in [3.63, 3.8) is 0 Å². The second-order valence-corrected chi connectivity index (χ2v) is 2.21. The largest absolute Gasteiger partial charge is 0.462 e. The molecule has 0 spiro atoms. The zero-order chi connectivity index (χ0) is 7.56. The summed E-state index contributed by atoms with van der Waals surface area (Å²) in [4.78, 5) is 10.8. The van der Waals surface area contributed by atoms with Crippen LogP contribution >= 0.6 is 0 Å². The van der Waals surface area contributed by atoms with Crippen LogP contribution in [0.5, 0.6) is 0 Å². The van der Waals surface area contributed by atoms with Gasteiger partial charge in [-0.05, 0) is 31.6 Å². The molecule has 0 fully saturated rings. The number of allylic oxidation sites excluding steroid dienone is 2. The van der Waals surface area contributed by atoms with Crippen LogP contribution < -0.4 is 0 Å². The third-order valence-corrected chi connectivity index (χ3v) is 1.28. The Labute approximate surface area is 60.2 Å². The van der Waals surface area contributed by atoms with E-state index in [1.165, 1.54) is 0 Å². The SMILES string of the molecule is CCOC(=O)C1=CC(C)=C1. The number of carbonyl (C=O) groups excluding carboxylic acids is 1. The minimum absolute atomic E-state index is 0.215. The van der Waals surface area contributed by atoms with Gasteiger partial charge in [-0.2, -0.15) is 0 Å². The van der Waals surface area contributed by atoms with E-state index in [4.69, 9.17) is 4.74 Å². The molecule has 0 radical (unpaired) electrons. The van der Waals surface area contributed by atoms with Crippen molar-refractivity contribution in [3.8, 4) is 0 Å². The summed E-state index contributed by atoms with van der Waals surface area (Å²) in [6, 6.07) is 0. The van der Waals surface area contributed by atoms with E-state index in [9.17, 15) is 4.79 Å². The van der Waals surface area contributed by atoms with Gasteiger partial charge in [0.15, 0.2) is 0 Å². The van der Waals surface area contributed by atoms with E-state index in [0.29, 0.717) is 12.2 Å². The van der Waals surface area contributed by atoms with E-state index in [1.54, 1.807) is 6.92 Å². The maximum atomic E-state index is 10.8. The molecule has 0 atom stereocenters. The Hall–Kier alpha value is -1.05. The van der Waals surface area contributed by atoms with Gasteiger partial charge in [0.05, 0.1) is 12.2 Å². The maximum Gasteiger partial charge on any atom is 0.338 e. The van der Waals surface area contributed by atoms with E-state index in [0.717, 1.165) is 5.57 Å². The molecular formula is C8H10O2. The molecular weight excluding hydrogens is 128 g/mol. The minimum atomic E-state index is -0.215. The molecule has 0 saturated heterocycles. The van der Waals surface area contributed by atoms with Crippen molar-refractivity contribution >= 4 is 5.97 Å². The van der Waals surface area contributed by atoms with Crippen LogP contribution in [0.4, 0.5) is 0 Å². The van der Waals surface area contributed by atoms with Gasteiger partial charge in [-0.3, -0.25) is 0 Å². The van der Waals surface area contributed by atoms with E-state index in [2.05, 4.69) is 0 Å². The van der Waals surface area contributed by atoms with Crippen molar-refractivity contribution in [2.24, 2.45) is 0 Å². The lowest BCUT2D eigenvalue weighted by Crippen LogP contribution is -2.09. The molecule has 1 aliphatic rings. The van der Waals surface area contributed by atoms with Crippen molar-refractivity contribution in [2.45, 2.75) is 13.8 Å². The molecule has 0 unspecified atom stereocenters. The first-order valence-corrected chi connectivity index (χ1v) is 3.31. The van der Waals surface area contributed by atoms with E-state index in [-0.39, 0.29) is 5.97 Å². The molecule has 0 saturated carbocycles. The fourth-order valence-corrected chi connectivity index (χ4v) is 0.810. The zero-order valence-corrected chi connectivity index (χ0v) is 6.18. The summed E-state index contributed by atoms with van der Waals surface area (Å²) in [6.45, 7) is 4.19. The highest BCUT2D eigenvalue weighted by molar-refractivity contribution is 5.94. The maximum absolute atomic E-state index is 10.8. The number of ether oxygens (including phenoxy) is 1. The summed E-state index contributed by atoms with van der Waals surface area (Å²) in [5.74, 6) is -0.215. The Kier molecular flexibility index (Phi) is 1.90. The van der Waals surface area contributed by atoms with Gasteiger partial charge in [0.25, 0.3) is 0 Å². The molecule has 0 heterocycles. The quantitative estimate of drug-likeness (QED) is 0.539. The van der Waals surface area contributed by atoms with Gasteiger partial charge in [-0.15, -0.1) is 0 Å². The van der Waals surface area contributed by atoms with Gasteiger partial charge in [0, 0.05) is 0 Å². The average Bonchev–Trinajstić information content (AvgIpc) is 1.82. The normalized spacial score (nSPS) is 15.0. The van der Waals surface area contributed by atoms with Crippen LogP contribution in [0.1, 0.15) is 13.8 Å². The number of hydrogen-bond acceptors (Lipinski definition) is 2. The molecule has 0 amide bonds. The predicted octanol–water partition coefficient (Wildman–Crippen LogP) is 1.44. The zero-order valence-electron chi connectivity index (χ0n) is 6.18. The van der Waals surface area contributed by atoms with Crippen LogP contribution in [0.2, 0.25) is 0 Å². The van der Waals surface area contributed by atoms with Crippen LogP contribution in [0, 0.1) is 0 Å². The smallest absolute Gasteiger partial charge is 0.338 e. The highest BCUT2D eigenvalue weighted by atomic mass is 16.5. The Bertz CT molecular complexity index is 211. The molecule has 2 heteroatoms. The number of hydrogen-bond donors (Lipinski definition) is 0. The predicted molar refractivity (Wildman–Crippen MR) is 38.5 cm³/mol. The van der Waals surface area contributed by atoms with Crippen LogP contribution in [0.25, 0.3) is 0 Å². The Balaban J connectivity index is 2.39. The molecule has 0 bridgehead atoms. The molecule has 10 heavy (non-hydrogen) atoms. The van der Waals surface area contributed by atoms with Gasteiger partial charge < -0.3 is 4.74 Å². The van der Waals surface area contributed by atoms with E-state index in [1.807, 2.05) is 19.1 Å². The standard InChI is InChI=1S/C8H10O2/c1-3-10-8(9)7-4-6(2)5-7/h4-5H,3H2,1-2H3. The lowest BCUT2D eigenvalue weighted by molar-refractivity contribution is -0.138. The molecule has 0 aromatic carbocycles. The van der Waals surface area contributed by atoms with Crippen LogP contribution in [0.3, 0.4) is 0 Å². The van der Waals surface area contributed by atoms with Gasteiger partial charge in [-0.1, -0.05) is 0 Å². The molecule has 0 aliphatic heterocycles. The lowest BCUT2D eigenvalue weighted by atomic mass is 10.0. The van der Waals surface area contributed by atoms with Crippen molar-refractivity contribution in [2.75, 3.05) is 6.61 Å². The molecule has 0 aromatic rings. The monoisotopic (exact) mass is 138 g/mol. The first kappa shape index (κ1) is 7.06. The highest BCUT2D eigenvalue weighted by Crippen LogP contribution is 2.17. The Morgan fingerprint density at radius 2 is 2.20 bits per heavy atom. The summed E-state index contributed by atoms with van der Waals surface area (Å²) < 4.78 is 4.74. The first-order valence-electron chi connectivity index (χ1n) is 3.31. The first-order chi connectivity index (χ1) is 4.74. The van der Waals surface area contributed by atoms with Crippen molar-refractivity contribution in [3.05, 3.63) is 23.3 Å². The summed E-state index contributed by atoms with van der Waals surface area (Å²) >= 11 is 0. The molecule has 54 valence electrons. The fourth-order valence-electron chi connectivity index (χ4n) is 0.810.